The maximum absolute atomic E-state index is 12.8. The Morgan fingerprint density at radius 2 is 2.33 bits per heavy atom. The molecule has 0 radical (unpaired) electrons. The maximum atomic E-state index is 12.8. The normalized spacial score (nSPS) is 19.9. The van der Waals surface area contributed by atoms with Crippen LogP contribution < -0.4 is 0 Å². The standard InChI is InChI=1S/C13H17FN2O2/c14-10-4-5-12(15-9-10)13(18)16-7-2-1-3-11(16)6-8-17/h4-5,9,11,17H,1-3,6-8H2. The molecule has 2 rings (SSSR count). The molecule has 0 bridgehead atoms. The van der Waals surface area contributed by atoms with Crippen molar-refractivity contribution in [1.82, 2.24) is 9.88 Å². The highest BCUT2D eigenvalue weighted by atomic mass is 19.1. The highest BCUT2D eigenvalue weighted by Gasteiger charge is 2.27. The van der Waals surface area contributed by atoms with Crippen molar-refractivity contribution in [3.63, 3.8) is 0 Å². The molecule has 1 amide bonds. The first-order chi connectivity index (χ1) is 8.72. The van der Waals surface area contributed by atoms with Crippen LogP contribution in [0.1, 0.15) is 36.2 Å². The van der Waals surface area contributed by atoms with E-state index in [1.54, 1.807) is 4.90 Å². The van der Waals surface area contributed by atoms with E-state index in [1.807, 2.05) is 0 Å². The Balaban J connectivity index is 2.12. The van der Waals surface area contributed by atoms with Crippen LogP contribution in [0.25, 0.3) is 0 Å². The van der Waals surface area contributed by atoms with Crippen LogP contribution in [0.2, 0.25) is 0 Å². The van der Waals surface area contributed by atoms with Gasteiger partial charge in [-0.2, -0.15) is 0 Å². The third-order valence-corrected chi connectivity index (χ3v) is 3.30. The van der Waals surface area contributed by atoms with E-state index in [2.05, 4.69) is 4.98 Å². The van der Waals surface area contributed by atoms with Gasteiger partial charge in [0.2, 0.25) is 0 Å². The zero-order chi connectivity index (χ0) is 13.0. The number of aliphatic hydroxyl groups is 1. The van der Waals surface area contributed by atoms with E-state index < -0.39 is 5.82 Å². The summed E-state index contributed by atoms with van der Waals surface area (Å²) in [5.41, 5.74) is 0.265. The van der Waals surface area contributed by atoms with Crippen LogP contribution in [-0.4, -0.2) is 40.1 Å². The van der Waals surface area contributed by atoms with Gasteiger partial charge in [0.1, 0.15) is 11.5 Å². The average Bonchev–Trinajstić information content (AvgIpc) is 2.40. The molecule has 0 saturated carbocycles. The lowest BCUT2D eigenvalue weighted by Crippen LogP contribution is -2.44. The summed E-state index contributed by atoms with van der Waals surface area (Å²) >= 11 is 0. The fourth-order valence-corrected chi connectivity index (χ4v) is 2.37. The van der Waals surface area contributed by atoms with E-state index in [0.29, 0.717) is 13.0 Å². The zero-order valence-electron chi connectivity index (χ0n) is 10.2. The number of amides is 1. The molecule has 1 unspecified atom stereocenters. The van der Waals surface area contributed by atoms with Gasteiger partial charge < -0.3 is 10.0 Å². The summed E-state index contributed by atoms with van der Waals surface area (Å²) < 4.78 is 12.8. The third kappa shape index (κ3) is 2.85. The Morgan fingerprint density at radius 3 is 3.00 bits per heavy atom. The summed E-state index contributed by atoms with van der Waals surface area (Å²) in [5, 5.41) is 9.02. The predicted molar refractivity (Wildman–Crippen MR) is 64.6 cm³/mol. The van der Waals surface area contributed by atoms with Crippen LogP contribution >= 0.6 is 0 Å². The summed E-state index contributed by atoms with van der Waals surface area (Å²) in [5.74, 6) is -0.620. The molecule has 1 aliphatic rings. The number of hydrogen-bond acceptors (Lipinski definition) is 3. The molecule has 5 heteroatoms. The molecule has 1 saturated heterocycles. The van der Waals surface area contributed by atoms with E-state index in [9.17, 15) is 9.18 Å². The first-order valence-electron chi connectivity index (χ1n) is 6.26. The molecule has 18 heavy (non-hydrogen) atoms. The van der Waals surface area contributed by atoms with E-state index in [1.165, 1.54) is 12.1 Å². The van der Waals surface area contributed by atoms with Gasteiger partial charge in [0.25, 0.3) is 5.91 Å². The van der Waals surface area contributed by atoms with Crippen molar-refractivity contribution in [2.24, 2.45) is 0 Å². The van der Waals surface area contributed by atoms with Crippen molar-refractivity contribution >= 4 is 5.91 Å². The van der Waals surface area contributed by atoms with Crippen molar-refractivity contribution in [2.75, 3.05) is 13.2 Å². The number of pyridine rings is 1. The quantitative estimate of drug-likeness (QED) is 0.889. The number of likely N-dealkylation sites (tertiary alicyclic amines) is 1. The third-order valence-electron chi connectivity index (χ3n) is 3.30. The van der Waals surface area contributed by atoms with Gasteiger partial charge in [-0.05, 0) is 37.8 Å². The number of halogens is 1. The number of rotatable bonds is 3. The van der Waals surface area contributed by atoms with Crippen LogP contribution in [0.4, 0.5) is 4.39 Å². The fourth-order valence-electron chi connectivity index (χ4n) is 2.37. The Bertz CT molecular complexity index is 406. The predicted octanol–water partition coefficient (Wildman–Crippen LogP) is 1.60. The molecule has 0 aromatic carbocycles. The minimum absolute atomic E-state index is 0.0723. The van der Waals surface area contributed by atoms with Gasteiger partial charge in [-0.15, -0.1) is 0 Å². The second-order valence-corrected chi connectivity index (χ2v) is 4.52. The maximum Gasteiger partial charge on any atom is 0.272 e. The summed E-state index contributed by atoms with van der Waals surface area (Å²) in [6.07, 6.45) is 4.60. The number of aliphatic hydroxyl groups excluding tert-OH is 1. The molecule has 98 valence electrons. The van der Waals surface area contributed by atoms with Crippen molar-refractivity contribution in [1.29, 1.82) is 0 Å². The van der Waals surface area contributed by atoms with Crippen molar-refractivity contribution in [2.45, 2.75) is 31.7 Å². The summed E-state index contributed by atoms with van der Waals surface area (Å²) in [7, 11) is 0. The largest absolute Gasteiger partial charge is 0.396 e. The molecule has 0 spiro atoms. The van der Waals surface area contributed by atoms with Crippen molar-refractivity contribution in [3.8, 4) is 0 Å². The monoisotopic (exact) mass is 252 g/mol. The van der Waals surface area contributed by atoms with E-state index in [-0.39, 0.29) is 24.2 Å². The molecule has 1 N–H and O–H groups in total. The number of aromatic nitrogens is 1. The molecule has 1 aromatic rings. The van der Waals surface area contributed by atoms with Gasteiger partial charge in [-0.1, -0.05) is 0 Å². The van der Waals surface area contributed by atoms with E-state index in [0.717, 1.165) is 25.5 Å². The lowest BCUT2D eigenvalue weighted by molar-refractivity contribution is 0.0568. The number of carbonyl (C=O) groups is 1. The minimum atomic E-state index is -0.447. The van der Waals surface area contributed by atoms with Crippen LogP contribution in [0.3, 0.4) is 0 Å². The van der Waals surface area contributed by atoms with Crippen LogP contribution in [-0.2, 0) is 0 Å². The van der Waals surface area contributed by atoms with Crippen LogP contribution in [0, 0.1) is 5.82 Å². The summed E-state index contributed by atoms with van der Waals surface area (Å²) in [4.78, 5) is 17.8. The second-order valence-electron chi connectivity index (χ2n) is 4.52. The number of nitrogens with zero attached hydrogens (tertiary/aromatic N) is 2. The SMILES string of the molecule is O=C(c1ccc(F)cn1)N1CCCCC1CCO. The Morgan fingerprint density at radius 1 is 1.50 bits per heavy atom. The van der Waals surface area contributed by atoms with Gasteiger partial charge >= 0.3 is 0 Å². The zero-order valence-corrected chi connectivity index (χ0v) is 10.2. The highest BCUT2D eigenvalue weighted by molar-refractivity contribution is 5.92. The molecule has 1 atom stereocenters. The lowest BCUT2D eigenvalue weighted by Gasteiger charge is -2.35. The second kappa shape index (κ2) is 5.91. The summed E-state index contributed by atoms with van der Waals surface area (Å²) in [6.45, 7) is 0.758. The molecule has 2 heterocycles. The topological polar surface area (TPSA) is 53.4 Å². The molecule has 0 aliphatic carbocycles. The fraction of sp³-hybridized carbons (Fsp3) is 0.538. The number of piperidine rings is 1. The Hall–Kier alpha value is -1.49. The Kier molecular flexibility index (Phi) is 4.25. The molecule has 1 aromatic heterocycles. The highest BCUT2D eigenvalue weighted by Crippen LogP contribution is 2.21. The smallest absolute Gasteiger partial charge is 0.272 e. The Labute approximate surface area is 105 Å². The van der Waals surface area contributed by atoms with Gasteiger partial charge in [-0.3, -0.25) is 4.79 Å². The molecule has 1 aliphatic heterocycles. The number of carbonyl (C=O) groups excluding carboxylic acids is 1. The number of hydrogen-bond donors (Lipinski definition) is 1. The summed E-state index contributed by atoms with van der Waals surface area (Å²) in [6, 6.07) is 2.72. The van der Waals surface area contributed by atoms with Gasteiger partial charge in [0.05, 0.1) is 6.20 Å². The molecule has 1 fully saturated rings. The first kappa shape index (κ1) is 13.0. The molecular weight excluding hydrogens is 235 g/mol. The van der Waals surface area contributed by atoms with Gasteiger partial charge in [0, 0.05) is 19.2 Å². The van der Waals surface area contributed by atoms with Gasteiger partial charge in [-0.25, -0.2) is 9.37 Å². The van der Waals surface area contributed by atoms with E-state index >= 15 is 0 Å². The molecular formula is C13H17FN2O2. The first-order valence-corrected chi connectivity index (χ1v) is 6.26. The van der Waals surface area contributed by atoms with Crippen LogP contribution in [0.5, 0.6) is 0 Å². The van der Waals surface area contributed by atoms with Crippen LogP contribution in [0.15, 0.2) is 18.3 Å². The van der Waals surface area contributed by atoms with Gasteiger partial charge in [0.15, 0.2) is 0 Å². The van der Waals surface area contributed by atoms with Crippen molar-refractivity contribution < 1.29 is 14.3 Å². The lowest BCUT2D eigenvalue weighted by atomic mass is 9.99. The van der Waals surface area contributed by atoms with Crippen molar-refractivity contribution in [3.05, 3.63) is 29.8 Å². The molecule has 4 nitrogen and oxygen atoms in total. The minimum Gasteiger partial charge on any atom is -0.396 e. The van der Waals surface area contributed by atoms with E-state index in [4.69, 9.17) is 5.11 Å². The average molecular weight is 252 g/mol.